The molecule has 1 N–H and O–H groups in total. The van der Waals surface area contributed by atoms with E-state index >= 15 is 0 Å². The minimum Gasteiger partial charge on any atom is -0.241 e. The van der Waals surface area contributed by atoms with E-state index in [0.717, 1.165) is 6.07 Å². The van der Waals surface area contributed by atoms with Crippen molar-refractivity contribution in [2.75, 3.05) is 5.33 Å². The molecule has 1 unspecified atom stereocenters. The molecule has 1 rings (SSSR count). The van der Waals surface area contributed by atoms with Crippen LogP contribution in [0.1, 0.15) is 13.3 Å². The number of pyridine rings is 1. The SMILES string of the molecule is CCC(CBr)NS(=O)(=O)c1ncccc1F. The van der Waals surface area contributed by atoms with E-state index in [1.807, 2.05) is 6.92 Å². The van der Waals surface area contributed by atoms with E-state index in [4.69, 9.17) is 0 Å². The van der Waals surface area contributed by atoms with Crippen molar-refractivity contribution >= 4 is 26.0 Å². The molecule has 0 radical (unpaired) electrons. The number of hydrogen-bond donors (Lipinski definition) is 1. The summed E-state index contributed by atoms with van der Waals surface area (Å²) in [7, 11) is -3.88. The first kappa shape index (κ1) is 13.5. The predicted octanol–water partition coefficient (Wildman–Crippen LogP) is 1.67. The Morgan fingerprint density at radius 3 is 2.81 bits per heavy atom. The van der Waals surface area contributed by atoms with Gasteiger partial charge in [-0.25, -0.2) is 22.5 Å². The number of nitrogens with zero attached hydrogens (tertiary/aromatic N) is 1. The third-order valence-corrected chi connectivity index (χ3v) is 4.21. The van der Waals surface area contributed by atoms with E-state index in [2.05, 4.69) is 25.6 Å². The largest absolute Gasteiger partial charge is 0.261 e. The van der Waals surface area contributed by atoms with Crippen LogP contribution in [0.25, 0.3) is 0 Å². The van der Waals surface area contributed by atoms with Crippen LogP contribution in [0.2, 0.25) is 0 Å². The number of nitrogens with one attached hydrogen (secondary N) is 1. The van der Waals surface area contributed by atoms with Crippen LogP contribution in [0.5, 0.6) is 0 Å². The third kappa shape index (κ3) is 3.23. The van der Waals surface area contributed by atoms with Gasteiger partial charge in [0.1, 0.15) is 0 Å². The molecular weight excluding hydrogens is 299 g/mol. The molecule has 0 saturated carbocycles. The summed E-state index contributed by atoms with van der Waals surface area (Å²) in [4.78, 5) is 3.53. The fourth-order valence-corrected chi connectivity index (χ4v) is 3.23. The van der Waals surface area contributed by atoms with Crippen molar-refractivity contribution in [3.8, 4) is 0 Å². The van der Waals surface area contributed by atoms with Crippen LogP contribution in [0.3, 0.4) is 0 Å². The minimum absolute atomic E-state index is 0.272. The van der Waals surface area contributed by atoms with E-state index in [9.17, 15) is 12.8 Å². The monoisotopic (exact) mass is 310 g/mol. The summed E-state index contributed by atoms with van der Waals surface area (Å²) >= 11 is 3.18. The number of aromatic nitrogens is 1. The summed E-state index contributed by atoms with van der Waals surface area (Å²) in [6.45, 7) is 1.84. The highest BCUT2D eigenvalue weighted by atomic mass is 79.9. The highest BCUT2D eigenvalue weighted by Gasteiger charge is 2.23. The molecule has 1 heterocycles. The maximum absolute atomic E-state index is 13.3. The molecule has 16 heavy (non-hydrogen) atoms. The Hall–Kier alpha value is -0.530. The zero-order valence-electron chi connectivity index (χ0n) is 8.65. The Kier molecular flexibility index (Phi) is 4.82. The normalized spacial score (nSPS) is 13.7. The van der Waals surface area contributed by atoms with E-state index in [1.54, 1.807) is 0 Å². The molecule has 4 nitrogen and oxygen atoms in total. The highest BCUT2D eigenvalue weighted by molar-refractivity contribution is 9.09. The van der Waals surface area contributed by atoms with E-state index in [0.29, 0.717) is 11.8 Å². The Labute approximate surface area is 102 Å². The lowest BCUT2D eigenvalue weighted by molar-refractivity contribution is 0.531. The predicted molar refractivity (Wildman–Crippen MR) is 62.4 cm³/mol. The van der Waals surface area contributed by atoms with Crippen LogP contribution in [0.4, 0.5) is 4.39 Å². The van der Waals surface area contributed by atoms with Crippen molar-refractivity contribution in [2.24, 2.45) is 0 Å². The number of alkyl halides is 1. The molecule has 0 aromatic carbocycles. The lowest BCUT2D eigenvalue weighted by Crippen LogP contribution is -2.36. The molecule has 0 fully saturated rings. The molecule has 90 valence electrons. The van der Waals surface area contributed by atoms with Crippen LogP contribution in [0, 0.1) is 5.82 Å². The average molecular weight is 311 g/mol. The molecule has 0 amide bonds. The standard InChI is InChI=1S/C9H12BrFN2O2S/c1-2-7(6-10)13-16(14,15)9-8(11)4-3-5-12-9/h3-5,7,13H,2,6H2,1H3. The summed E-state index contributed by atoms with van der Waals surface area (Å²) in [5, 5.41) is -0.0913. The summed E-state index contributed by atoms with van der Waals surface area (Å²) in [6.07, 6.45) is 1.85. The molecule has 1 aromatic rings. The Balaban J connectivity index is 2.99. The zero-order valence-corrected chi connectivity index (χ0v) is 11.1. The number of sulfonamides is 1. The highest BCUT2D eigenvalue weighted by Crippen LogP contribution is 2.11. The molecular formula is C9H12BrFN2O2S. The molecule has 7 heteroatoms. The maximum atomic E-state index is 13.3. The van der Waals surface area contributed by atoms with Crippen LogP contribution in [0.15, 0.2) is 23.4 Å². The van der Waals surface area contributed by atoms with Crippen molar-refractivity contribution < 1.29 is 12.8 Å². The van der Waals surface area contributed by atoms with Crippen molar-refractivity contribution in [2.45, 2.75) is 24.4 Å². The molecule has 1 aromatic heterocycles. The third-order valence-electron chi connectivity index (χ3n) is 1.98. The van der Waals surface area contributed by atoms with Gasteiger partial charge >= 0.3 is 0 Å². The second kappa shape index (κ2) is 5.70. The number of halogens is 2. The summed E-state index contributed by atoms with van der Waals surface area (Å²) in [6, 6.07) is 2.14. The van der Waals surface area contributed by atoms with Gasteiger partial charge in [-0.2, -0.15) is 0 Å². The average Bonchev–Trinajstić information content (AvgIpc) is 2.26. The Morgan fingerprint density at radius 2 is 2.31 bits per heavy atom. The topological polar surface area (TPSA) is 59.1 Å². The van der Waals surface area contributed by atoms with Gasteiger partial charge in [0, 0.05) is 17.6 Å². The van der Waals surface area contributed by atoms with E-state index in [1.165, 1.54) is 12.3 Å². The molecule has 1 atom stereocenters. The van der Waals surface area contributed by atoms with Crippen LogP contribution >= 0.6 is 15.9 Å². The van der Waals surface area contributed by atoms with Gasteiger partial charge in [-0.3, -0.25) is 0 Å². The molecule has 0 saturated heterocycles. The van der Waals surface area contributed by atoms with Gasteiger partial charge in [0.25, 0.3) is 10.0 Å². The van der Waals surface area contributed by atoms with Crippen LogP contribution in [-0.4, -0.2) is 24.8 Å². The van der Waals surface area contributed by atoms with Crippen molar-refractivity contribution in [1.82, 2.24) is 9.71 Å². The quantitative estimate of drug-likeness (QED) is 0.842. The van der Waals surface area contributed by atoms with Gasteiger partial charge < -0.3 is 0 Å². The van der Waals surface area contributed by atoms with Gasteiger partial charge in [-0.15, -0.1) is 0 Å². The van der Waals surface area contributed by atoms with E-state index < -0.39 is 20.9 Å². The van der Waals surface area contributed by atoms with Gasteiger partial charge in [-0.05, 0) is 18.6 Å². The van der Waals surface area contributed by atoms with Crippen molar-refractivity contribution in [3.63, 3.8) is 0 Å². The Morgan fingerprint density at radius 1 is 1.62 bits per heavy atom. The molecule has 0 spiro atoms. The van der Waals surface area contributed by atoms with Crippen molar-refractivity contribution in [1.29, 1.82) is 0 Å². The smallest absolute Gasteiger partial charge is 0.241 e. The second-order valence-electron chi connectivity index (χ2n) is 3.17. The van der Waals surface area contributed by atoms with Gasteiger partial charge in [0.15, 0.2) is 5.82 Å². The van der Waals surface area contributed by atoms with Crippen molar-refractivity contribution in [3.05, 3.63) is 24.1 Å². The second-order valence-corrected chi connectivity index (χ2v) is 5.45. The summed E-state index contributed by atoms with van der Waals surface area (Å²) < 4.78 is 39.1. The minimum atomic E-state index is -3.88. The fraction of sp³-hybridized carbons (Fsp3) is 0.444. The maximum Gasteiger partial charge on any atom is 0.261 e. The summed E-state index contributed by atoms with van der Waals surface area (Å²) in [5.74, 6) is -0.848. The van der Waals surface area contributed by atoms with E-state index in [-0.39, 0.29) is 6.04 Å². The zero-order chi connectivity index (χ0) is 12.2. The molecule has 0 bridgehead atoms. The van der Waals surface area contributed by atoms with Gasteiger partial charge in [-0.1, -0.05) is 22.9 Å². The first-order valence-electron chi connectivity index (χ1n) is 4.70. The number of hydrogen-bond acceptors (Lipinski definition) is 3. The van der Waals surface area contributed by atoms with Gasteiger partial charge in [0.2, 0.25) is 5.03 Å². The van der Waals surface area contributed by atoms with Gasteiger partial charge in [0.05, 0.1) is 0 Å². The molecule has 0 aliphatic carbocycles. The summed E-state index contributed by atoms with van der Waals surface area (Å²) in [5.41, 5.74) is 0. The number of rotatable bonds is 5. The van der Waals surface area contributed by atoms with Crippen LogP contribution < -0.4 is 4.72 Å². The molecule has 0 aliphatic rings. The first-order valence-corrected chi connectivity index (χ1v) is 7.30. The fourth-order valence-electron chi connectivity index (χ4n) is 1.07. The first-order chi connectivity index (χ1) is 7.51. The Bertz CT molecular complexity index is 449. The lowest BCUT2D eigenvalue weighted by atomic mass is 10.3. The lowest BCUT2D eigenvalue weighted by Gasteiger charge is -2.13. The van der Waals surface area contributed by atoms with Crippen LogP contribution in [-0.2, 0) is 10.0 Å². The molecule has 0 aliphatic heterocycles.